The first kappa shape index (κ1) is 16.8. The van der Waals surface area contributed by atoms with Crippen LogP contribution in [0.25, 0.3) is 0 Å². The maximum atomic E-state index is 12.9. The standard InChI is InChI=1S/C20H22N2O4/c23-18(17-15-8-4-5-9-16(15)26-21-17)22-12-10-20(11-13-22,19(24)25)14-6-2-1-3-7-14/h1-3,6-7H,4-5,8-13H2,(H,24,25). The molecule has 6 heteroatoms. The number of aliphatic carboxylic acids is 1. The van der Waals surface area contributed by atoms with Gasteiger partial charge in [0.25, 0.3) is 5.91 Å². The summed E-state index contributed by atoms with van der Waals surface area (Å²) in [5.41, 5.74) is 1.24. The molecule has 0 radical (unpaired) electrons. The number of aromatic nitrogens is 1. The first-order valence-electron chi connectivity index (χ1n) is 9.17. The van der Waals surface area contributed by atoms with E-state index in [0.29, 0.717) is 31.6 Å². The summed E-state index contributed by atoms with van der Waals surface area (Å²) in [4.78, 5) is 26.7. The van der Waals surface area contributed by atoms with Gasteiger partial charge in [-0.2, -0.15) is 0 Å². The van der Waals surface area contributed by atoms with Crippen molar-refractivity contribution in [3.05, 3.63) is 52.9 Å². The van der Waals surface area contributed by atoms with E-state index in [1.54, 1.807) is 4.90 Å². The lowest BCUT2D eigenvalue weighted by molar-refractivity contribution is -0.145. The number of fused-ring (bicyclic) bond motifs is 1. The number of hydrogen-bond donors (Lipinski definition) is 1. The van der Waals surface area contributed by atoms with Gasteiger partial charge < -0.3 is 14.5 Å². The van der Waals surface area contributed by atoms with Crippen LogP contribution in [-0.2, 0) is 23.1 Å². The monoisotopic (exact) mass is 354 g/mol. The molecule has 4 rings (SSSR count). The van der Waals surface area contributed by atoms with Gasteiger partial charge in [-0.1, -0.05) is 35.5 Å². The molecule has 1 aromatic carbocycles. The minimum Gasteiger partial charge on any atom is -0.481 e. The van der Waals surface area contributed by atoms with E-state index < -0.39 is 11.4 Å². The highest BCUT2D eigenvalue weighted by Gasteiger charge is 2.44. The molecule has 1 aliphatic carbocycles. The largest absolute Gasteiger partial charge is 0.481 e. The van der Waals surface area contributed by atoms with Crippen LogP contribution >= 0.6 is 0 Å². The average Bonchev–Trinajstić information content (AvgIpc) is 3.12. The van der Waals surface area contributed by atoms with Gasteiger partial charge in [0.05, 0.1) is 5.41 Å². The number of amides is 1. The average molecular weight is 354 g/mol. The number of carboxylic acid groups (broad SMARTS) is 1. The van der Waals surface area contributed by atoms with Gasteiger partial charge in [-0.15, -0.1) is 0 Å². The number of carboxylic acids is 1. The van der Waals surface area contributed by atoms with Crippen molar-refractivity contribution in [1.82, 2.24) is 10.1 Å². The lowest BCUT2D eigenvalue weighted by atomic mass is 9.73. The molecule has 1 fully saturated rings. The molecule has 1 aromatic heterocycles. The molecule has 0 bridgehead atoms. The first-order chi connectivity index (χ1) is 12.6. The molecule has 1 N–H and O–H groups in total. The van der Waals surface area contributed by atoms with E-state index in [4.69, 9.17) is 4.52 Å². The quantitative estimate of drug-likeness (QED) is 0.916. The summed E-state index contributed by atoms with van der Waals surface area (Å²) in [7, 11) is 0. The summed E-state index contributed by atoms with van der Waals surface area (Å²) in [6.07, 6.45) is 4.58. The van der Waals surface area contributed by atoms with Crippen LogP contribution in [0.4, 0.5) is 0 Å². The van der Waals surface area contributed by atoms with E-state index in [1.807, 2.05) is 30.3 Å². The Labute approximate surface area is 151 Å². The summed E-state index contributed by atoms with van der Waals surface area (Å²) in [6.45, 7) is 0.809. The summed E-state index contributed by atoms with van der Waals surface area (Å²) in [6, 6.07) is 9.32. The SMILES string of the molecule is O=C(c1noc2c1CCCC2)N1CCC(C(=O)O)(c2ccccc2)CC1. The van der Waals surface area contributed by atoms with Crippen molar-refractivity contribution in [2.45, 2.75) is 43.9 Å². The third-order valence-corrected chi connectivity index (χ3v) is 5.79. The molecule has 0 unspecified atom stereocenters. The molecule has 0 atom stereocenters. The van der Waals surface area contributed by atoms with Crippen LogP contribution in [0.5, 0.6) is 0 Å². The molecular formula is C20H22N2O4. The van der Waals surface area contributed by atoms with Crippen molar-refractivity contribution in [3.8, 4) is 0 Å². The minimum absolute atomic E-state index is 0.135. The maximum absolute atomic E-state index is 12.9. The van der Waals surface area contributed by atoms with Gasteiger partial charge in [-0.05, 0) is 37.7 Å². The summed E-state index contributed by atoms with van der Waals surface area (Å²) in [5.74, 6) is -0.126. The lowest BCUT2D eigenvalue weighted by Gasteiger charge is -2.39. The summed E-state index contributed by atoms with van der Waals surface area (Å²) < 4.78 is 5.36. The number of piperidine rings is 1. The van der Waals surface area contributed by atoms with Gasteiger partial charge in [0.15, 0.2) is 5.69 Å². The lowest BCUT2D eigenvalue weighted by Crippen LogP contribution is -2.49. The second-order valence-electron chi connectivity index (χ2n) is 7.19. The number of likely N-dealkylation sites (tertiary alicyclic amines) is 1. The van der Waals surface area contributed by atoms with Crippen molar-refractivity contribution < 1.29 is 19.2 Å². The van der Waals surface area contributed by atoms with E-state index in [2.05, 4.69) is 5.16 Å². The van der Waals surface area contributed by atoms with Crippen LogP contribution in [0.2, 0.25) is 0 Å². The van der Waals surface area contributed by atoms with E-state index in [-0.39, 0.29) is 5.91 Å². The number of rotatable bonds is 3. The minimum atomic E-state index is -0.929. The number of aryl methyl sites for hydroxylation is 1. The zero-order valence-corrected chi connectivity index (χ0v) is 14.6. The van der Waals surface area contributed by atoms with Crippen LogP contribution < -0.4 is 0 Å². The number of nitrogens with zero attached hydrogens (tertiary/aromatic N) is 2. The number of hydrogen-bond acceptors (Lipinski definition) is 4. The normalized spacial score (nSPS) is 19.0. The molecule has 2 aromatic rings. The maximum Gasteiger partial charge on any atom is 0.314 e. The van der Waals surface area contributed by atoms with Crippen molar-refractivity contribution >= 4 is 11.9 Å². The fraction of sp³-hybridized carbons (Fsp3) is 0.450. The second kappa shape index (κ2) is 6.59. The topological polar surface area (TPSA) is 83.6 Å². The predicted molar refractivity (Wildman–Crippen MR) is 94.0 cm³/mol. The molecule has 0 saturated carbocycles. The van der Waals surface area contributed by atoms with Gasteiger partial charge >= 0.3 is 5.97 Å². The highest BCUT2D eigenvalue weighted by Crippen LogP contribution is 2.36. The van der Waals surface area contributed by atoms with E-state index in [0.717, 1.165) is 42.6 Å². The van der Waals surface area contributed by atoms with E-state index in [1.165, 1.54) is 0 Å². The molecular weight excluding hydrogens is 332 g/mol. The highest BCUT2D eigenvalue weighted by molar-refractivity contribution is 5.94. The van der Waals surface area contributed by atoms with Gasteiger partial charge in [0.1, 0.15) is 5.76 Å². The zero-order valence-electron chi connectivity index (χ0n) is 14.6. The van der Waals surface area contributed by atoms with Crippen molar-refractivity contribution in [1.29, 1.82) is 0 Å². The Bertz CT molecular complexity index is 820. The summed E-state index contributed by atoms with van der Waals surface area (Å²) >= 11 is 0. The molecule has 26 heavy (non-hydrogen) atoms. The molecule has 2 aliphatic rings. The smallest absolute Gasteiger partial charge is 0.314 e. The van der Waals surface area contributed by atoms with Gasteiger partial charge in [-0.25, -0.2) is 0 Å². The van der Waals surface area contributed by atoms with Crippen molar-refractivity contribution in [3.63, 3.8) is 0 Å². The molecule has 6 nitrogen and oxygen atoms in total. The van der Waals surface area contributed by atoms with Crippen LogP contribution in [0.15, 0.2) is 34.9 Å². The van der Waals surface area contributed by atoms with E-state index >= 15 is 0 Å². The fourth-order valence-corrected chi connectivity index (χ4v) is 4.18. The van der Waals surface area contributed by atoms with Crippen LogP contribution in [-0.4, -0.2) is 40.1 Å². The Morgan fingerprint density at radius 3 is 2.46 bits per heavy atom. The highest BCUT2D eigenvalue weighted by atomic mass is 16.5. The van der Waals surface area contributed by atoms with Crippen LogP contribution in [0.3, 0.4) is 0 Å². The molecule has 2 heterocycles. The number of carbonyl (C=O) groups is 2. The molecule has 1 amide bonds. The first-order valence-corrected chi connectivity index (χ1v) is 9.17. The Hall–Kier alpha value is -2.63. The van der Waals surface area contributed by atoms with Crippen LogP contribution in [0.1, 0.15) is 53.1 Å². The Kier molecular flexibility index (Phi) is 4.26. The second-order valence-corrected chi connectivity index (χ2v) is 7.19. The molecule has 1 saturated heterocycles. The van der Waals surface area contributed by atoms with Crippen LogP contribution in [0, 0.1) is 0 Å². The number of carbonyl (C=O) groups excluding carboxylic acids is 1. The third-order valence-electron chi connectivity index (χ3n) is 5.79. The predicted octanol–water partition coefficient (Wildman–Crippen LogP) is 2.81. The molecule has 0 spiro atoms. The number of benzene rings is 1. The Morgan fingerprint density at radius 2 is 1.77 bits per heavy atom. The molecule has 136 valence electrons. The molecule has 1 aliphatic heterocycles. The fourth-order valence-electron chi connectivity index (χ4n) is 4.18. The van der Waals surface area contributed by atoms with Gasteiger partial charge in [-0.3, -0.25) is 9.59 Å². The summed E-state index contributed by atoms with van der Waals surface area (Å²) in [5, 5.41) is 13.9. The van der Waals surface area contributed by atoms with Crippen molar-refractivity contribution in [2.75, 3.05) is 13.1 Å². The third kappa shape index (κ3) is 2.69. The Balaban J connectivity index is 1.53. The van der Waals surface area contributed by atoms with Crippen molar-refractivity contribution in [2.24, 2.45) is 0 Å². The Morgan fingerprint density at radius 1 is 1.08 bits per heavy atom. The van der Waals surface area contributed by atoms with Gasteiger partial charge in [0, 0.05) is 25.1 Å². The van der Waals surface area contributed by atoms with E-state index in [9.17, 15) is 14.7 Å². The zero-order chi connectivity index (χ0) is 18.1. The van der Waals surface area contributed by atoms with Gasteiger partial charge in [0.2, 0.25) is 0 Å².